The Kier molecular flexibility index (Phi) is 6.48. The maximum atomic E-state index is 11.9. The number of hydrogen-bond acceptors (Lipinski definition) is 3. The first-order valence-electron chi connectivity index (χ1n) is 6.52. The lowest BCUT2D eigenvalue weighted by Crippen LogP contribution is -2.52. The Labute approximate surface area is 124 Å². The van der Waals surface area contributed by atoms with Crippen LogP contribution in [0, 0.1) is 0 Å². The second kappa shape index (κ2) is 7.87. The minimum absolute atomic E-state index is 0. The molecule has 4 N–H and O–H groups in total. The number of benzene rings is 1. The van der Waals surface area contributed by atoms with Gasteiger partial charge in [0, 0.05) is 19.0 Å². The summed E-state index contributed by atoms with van der Waals surface area (Å²) in [6.07, 6.45) is 1.65. The second-order valence-electron chi connectivity index (χ2n) is 4.84. The van der Waals surface area contributed by atoms with Crippen LogP contribution in [0.5, 0.6) is 0 Å². The lowest BCUT2D eigenvalue weighted by Gasteiger charge is -2.24. The van der Waals surface area contributed by atoms with Crippen molar-refractivity contribution in [2.45, 2.75) is 31.3 Å². The molecular formula is C14H20ClN3O2. The third kappa shape index (κ3) is 4.83. The van der Waals surface area contributed by atoms with E-state index >= 15 is 0 Å². The summed E-state index contributed by atoms with van der Waals surface area (Å²) in [6.45, 7) is 0.489. The first-order chi connectivity index (χ1) is 9.15. The first kappa shape index (κ1) is 16.5. The van der Waals surface area contributed by atoms with Crippen LogP contribution in [0.4, 0.5) is 0 Å². The summed E-state index contributed by atoms with van der Waals surface area (Å²) in [5, 5.41) is 5.61. The molecule has 1 aromatic rings. The minimum Gasteiger partial charge on any atom is -0.354 e. The molecule has 0 aromatic heterocycles. The predicted molar refractivity (Wildman–Crippen MR) is 79.5 cm³/mol. The number of carbonyl (C=O) groups excluding carboxylic acids is 2. The van der Waals surface area contributed by atoms with E-state index in [1.807, 2.05) is 30.3 Å². The van der Waals surface area contributed by atoms with Crippen LogP contribution in [0.15, 0.2) is 30.3 Å². The number of carbonyl (C=O) groups is 2. The van der Waals surface area contributed by atoms with Crippen molar-refractivity contribution >= 4 is 24.2 Å². The van der Waals surface area contributed by atoms with E-state index in [0.29, 0.717) is 25.8 Å². The van der Waals surface area contributed by atoms with Crippen molar-refractivity contribution in [2.24, 2.45) is 5.73 Å². The smallest absolute Gasteiger partial charge is 0.237 e. The van der Waals surface area contributed by atoms with Gasteiger partial charge in [0.2, 0.25) is 11.8 Å². The topological polar surface area (TPSA) is 84.2 Å². The fourth-order valence-electron chi connectivity index (χ4n) is 2.12. The Morgan fingerprint density at radius 2 is 2.10 bits per heavy atom. The Bertz CT molecular complexity index is 443. The van der Waals surface area contributed by atoms with Crippen molar-refractivity contribution in [1.29, 1.82) is 0 Å². The molecule has 2 amide bonds. The molecule has 1 saturated heterocycles. The molecule has 110 valence electrons. The molecular weight excluding hydrogens is 278 g/mol. The molecule has 2 unspecified atom stereocenters. The molecule has 0 spiro atoms. The lowest BCUT2D eigenvalue weighted by molar-refractivity contribution is -0.126. The van der Waals surface area contributed by atoms with Gasteiger partial charge in [-0.15, -0.1) is 12.4 Å². The van der Waals surface area contributed by atoms with E-state index in [-0.39, 0.29) is 30.3 Å². The van der Waals surface area contributed by atoms with Crippen molar-refractivity contribution in [3.8, 4) is 0 Å². The molecule has 20 heavy (non-hydrogen) atoms. The Hall–Kier alpha value is -1.59. The number of nitrogens with two attached hydrogens (primary N) is 1. The summed E-state index contributed by atoms with van der Waals surface area (Å²) < 4.78 is 0. The summed E-state index contributed by atoms with van der Waals surface area (Å²) >= 11 is 0. The van der Waals surface area contributed by atoms with E-state index in [1.54, 1.807) is 0 Å². The van der Waals surface area contributed by atoms with Crippen LogP contribution in [-0.4, -0.2) is 30.4 Å². The van der Waals surface area contributed by atoms with Crippen molar-refractivity contribution in [3.05, 3.63) is 35.9 Å². The molecule has 1 fully saturated rings. The van der Waals surface area contributed by atoms with Gasteiger partial charge in [0.1, 0.15) is 0 Å². The van der Waals surface area contributed by atoms with E-state index in [0.717, 1.165) is 5.56 Å². The normalized spacial score (nSPS) is 19.4. The number of nitrogens with one attached hydrogen (secondary N) is 2. The van der Waals surface area contributed by atoms with Crippen molar-refractivity contribution in [1.82, 2.24) is 10.6 Å². The Morgan fingerprint density at radius 3 is 2.70 bits per heavy atom. The van der Waals surface area contributed by atoms with Crippen molar-refractivity contribution in [3.63, 3.8) is 0 Å². The molecule has 5 nitrogen and oxygen atoms in total. The van der Waals surface area contributed by atoms with Gasteiger partial charge in [-0.05, 0) is 18.4 Å². The van der Waals surface area contributed by atoms with Crippen LogP contribution >= 0.6 is 12.4 Å². The monoisotopic (exact) mass is 297 g/mol. The van der Waals surface area contributed by atoms with Gasteiger partial charge in [0.15, 0.2) is 0 Å². The highest BCUT2D eigenvalue weighted by atomic mass is 35.5. The molecule has 1 aliphatic rings. The molecule has 0 aliphatic carbocycles. The number of halogens is 1. The highest BCUT2D eigenvalue weighted by Gasteiger charge is 2.22. The van der Waals surface area contributed by atoms with E-state index in [9.17, 15) is 9.59 Å². The summed E-state index contributed by atoms with van der Waals surface area (Å²) in [4.78, 5) is 23.0. The SMILES string of the molecule is Cl.NC(Cc1ccccc1)C(=O)NC1CCC(=O)NC1. The molecule has 0 saturated carbocycles. The van der Waals surface area contributed by atoms with Gasteiger partial charge in [0.25, 0.3) is 0 Å². The largest absolute Gasteiger partial charge is 0.354 e. The number of hydrogen-bond donors (Lipinski definition) is 3. The Balaban J connectivity index is 0.00000200. The zero-order valence-corrected chi connectivity index (χ0v) is 12.0. The van der Waals surface area contributed by atoms with Crippen LogP contribution in [0.1, 0.15) is 18.4 Å². The molecule has 0 radical (unpaired) electrons. The van der Waals surface area contributed by atoms with Gasteiger partial charge >= 0.3 is 0 Å². The summed E-state index contributed by atoms with van der Waals surface area (Å²) in [5.74, 6) is -0.121. The number of rotatable bonds is 4. The highest BCUT2D eigenvalue weighted by Crippen LogP contribution is 2.05. The molecule has 6 heteroatoms. The molecule has 0 bridgehead atoms. The average molecular weight is 298 g/mol. The van der Waals surface area contributed by atoms with Crippen LogP contribution in [0.3, 0.4) is 0 Å². The van der Waals surface area contributed by atoms with Crippen LogP contribution in [0.25, 0.3) is 0 Å². The fraction of sp³-hybridized carbons (Fsp3) is 0.429. The van der Waals surface area contributed by atoms with Gasteiger partial charge < -0.3 is 16.4 Å². The first-order valence-corrected chi connectivity index (χ1v) is 6.52. The molecule has 2 rings (SSSR count). The van der Waals surface area contributed by atoms with Crippen molar-refractivity contribution < 1.29 is 9.59 Å². The maximum Gasteiger partial charge on any atom is 0.237 e. The molecule has 2 atom stereocenters. The van der Waals surface area contributed by atoms with E-state index in [4.69, 9.17) is 5.73 Å². The van der Waals surface area contributed by atoms with E-state index < -0.39 is 6.04 Å². The van der Waals surface area contributed by atoms with Gasteiger partial charge in [-0.25, -0.2) is 0 Å². The van der Waals surface area contributed by atoms with E-state index in [1.165, 1.54) is 0 Å². The van der Waals surface area contributed by atoms with Crippen LogP contribution < -0.4 is 16.4 Å². The molecule has 1 heterocycles. The Morgan fingerprint density at radius 1 is 1.40 bits per heavy atom. The van der Waals surface area contributed by atoms with Gasteiger partial charge in [0.05, 0.1) is 6.04 Å². The summed E-state index contributed by atoms with van der Waals surface area (Å²) in [6, 6.07) is 9.13. The zero-order chi connectivity index (χ0) is 13.7. The van der Waals surface area contributed by atoms with Gasteiger partial charge in [-0.3, -0.25) is 9.59 Å². The standard InChI is InChI=1S/C14H19N3O2.ClH/c15-12(8-10-4-2-1-3-5-10)14(19)17-11-6-7-13(18)16-9-11;/h1-5,11-12H,6-9,15H2,(H,16,18)(H,17,19);1H. The molecule has 1 aromatic carbocycles. The summed E-state index contributed by atoms with van der Waals surface area (Å²) in [7, 11) is 0. The third-order valence-electron chi connectivity index (χ3n) is 3.25. The van der Waals surface area contributed by atoms with E-state index in [2.05, 4.69) is 10.6 Å². The highest BCUT2D eigenvalue weighted by molar-refractivity contribution is 5.85. The summed E-state index contributed by atoms with van der Waals surface area (Å²) in [5.41, 5.74) is 6.94. The number of amides is 2. The zero-order valence-electron chi connectivity index (χ0n) is 11.2. The van der Waals surface area contributed by atoms with Crippen molar-refractivity contribution in [2.75, 3.05) is 6.54 Å². The predicted octanol–water partition coefficient (Wildman–Crippen LogP) is 0.373. The lowest BCUT2D eigenvalue weighted by atomic mass is 10.0. The third-order valence-corrected chi connectivity index (χ3v) is 3.25. The van der Waals surface area contributed by atoms with Crippen LogP contribution in [-0.2, 0) is 16.0 Å². The molecule has 1 aliphatic heterocycles. The van der Waals surface area contributed by atoms with Crippen LogP contribution in [0.2, 0.25) is 0 Å². The fourth-order valence-corrected chi connectivity index (χ4v) is 2.12. The van der Waals surface area contributed by atoms with Gasteiger partial charge in [-0.1, -0.05) is 30.3 Å². The minimum atomic E-state index is -0.556. The van der Waals surface area contributed by atoms with Gasteiger partial charge in [-0.2, -0.15) is 0 Å². The maximum absolute atomic E-state index is 11.9. The average Bonchev–Trinajstić information content (AvgIpc) is 2.42. The second-order valence-corrected chi connectivity index (χ2v) is 4.84. The quantitative estimate of drug-likeness (QED) is 0.751. The number of piperidine rings is 1.